The number of furan rings is 1. The normalized spacial score (nSPS) is 12.9. The van der Waals surface area contributed by atoms with Crippen molar-refractivity contribution in [2.24, 2.45) is 0 Å². The molecule has 3 aromatic rings. The molecule has 0 fully saturated rings. The second kappa shape index (κ2) is 5.46. The van der Waals surface area contributed by atoms with Crippen LogP contribution in [0.5, 0.6) is 0 Å². The van der Waals surface area contributed by atoms with Gasteiger partial charge in [-0.05, 0) is 12.5 Å². The highest BCUT2D eigenvalue weighted by Gasteiger charge is 2.16. The number of aliphatic hydroxyl groups is 1. The fraction of sp³-hybridized carbons (Fsp3) is 0.333. The molecule has 20 heavy (non-hydrogen) atoms. The summed E-state index contributed by atoms with van der Waals surface area (Å²) in [5, 5.41) is 14.7. The Morgan fingerprint density at radius 2 is 2.15 bits per heavy atom. The Kier molecular flexibility index (Phi) is 3.52. The first-order valence-corrected chi connectivity index (χ1v) is 6.75. The maximum atomic E-state index is 9.77. The van der Waals surface area contributed by atoms with Gasteiger partial charge in [-0.1, -0.05) is 36.7 Å². The molecule has 0 aliphatic rings. The SMILES string of the molecule is CCCC(O)Cc1nc(-c2coc3ccccc23)no1. The summed E-state index contributed by atoms with van der Waals surface area (Å²) >= 11 is 0. The summed E-state index contributed by atoms with van der Waals surface area (Å²) < 4.78 is 10.7. The standard InChI is InChI=1S/C15H16N2O3/c1-2-5-10(18)8-14-16-15(17-20-14)12-9-19-13-7-4-3-6-11(12)13/h3-4,6-7,9-10,18H,2,5,8H2,1H3. The van der Waals surface area contributed by atoms with Crippen LogP contribution in [-0.2, 0) is 6.42 Å². The molecule has 2 heterocycles. The van der Waals surface area contributed by atoms with E-state index in [0.29, 0.717) is 18.1 Å². The summed E-state index contributed by atoms with van der Waals surface area (Å²) in [7, 11) is 0. The highest BCUT2D eigenvalue weighted by Crippen LogP contribution is 2.28. The molecule has 1 N–H and O–H groups in total. The number of fused-ring (bicyclic) bond motifs is 1. The summed E-state index contributed by atoms with van der Waals surface area (Å²) in [6.45, 7) is 2.03. The minimum absolute atomic E-state index is 0.386. The monoisotopic (exact) mass is 272 g/mol. The molecule has 3 rings (SSSR count). The van der Waals surface area contributed by atoms with E-state index in [4.69, 9.17) is 8.94 Å². The van der Waals surface area contributed by atoms with Crippen LogP contribution < -0.4 is 0 Å². The van der Waals surface area contributed by atoms with Crippen molar-refractivity contribution in [1.82, 2.24) is 10.1 Å². The summed E-state index contributed by atoms with van der Waals surface area (Å²) in [6.07, 6.45) is 3.23. The lowest BCUT2D eigenvalue weighted by Crippen LogP contribution is -2.09. The van der Waals surface area contributed by atoms with Crippen LogP contribution in [0.3, 0.4) is 0 Å². The largest absolute Gasteiger partial charge is 0.464 e. The van der Waals surface area contributed by atoms with Crippen LogP contribution in [0, 0.1) is 0 Å². The van der Waals surface area contributed by atoms with Crippen molar-refractivity contribution >= 4 is 11.0 Å². The topological polar surface area (TPSA) is 72.3 Å². The van der Waals surface area contributed by atoms with Gasteiger partial charge in [0.05, 0.1) is 18.1 Å². The molecule has 0 saturated carbocycles. The second-order valence-electron chi connectivity index (χ2n) is 4.80. The molecule has 1 atom stereocenters. The quantitative estimate of drug-likeness (QED) is 0.772. The lowest BCUT2D eigenvalue weighted by Gasteiger charge is -2.03. The zero-order valence-corrected chi connectivity index (χ0v) is 11.2. The number of aromatic nitrogens is 2. The van der Waals surface area contributed by atoms with Gasteiger partial charge in [-0.25, -0.2) is 0 Å². The number of rotatable bonds is 5. The highest BCUT2D eigenvalue weighted by atomic mass is 16.5. The maximum absolute atomic E-state index is 9.77. The van der Waals surface area contributed by atoms with Crippen molar-refractivity contribution in [3.8, 4) is 11.4 Å². The highest BCUT2D eigenvalue weighted by molar-refractivity contribution is 5.91. The first-order valence-electron chi connectivity index (χ1n) is 6.75. The molecule has 2 aromatic heterocycles. The molecule has 5 heteroatoms. The Morgan fingerprint density at radius 1 is 1.30 bits per heavy atom. The third-order valence-corrected chi connectivity index (χ3v) is 3.22. The summed E-state index contributed by atoms with van der Waals surface area (Å²) in [4.78, 5) is 4.33. The molecular formula is C15H16N2O3. The van der Waals surface area contributed by atoms with Crippen molar-refractivity contribution in [2.45, 2.75) is 32.3 Å². The Labute approximate surface area is 116 Å². The summed E-state index contributed by atoms with van der Waals surface area (Å²) in [6, 6.07) is 7.70. The molecule has 1 aromatic carbocycles. The minimum Gasteiger partial charge on any atom is -0.464 e. The van der Waals surface area contributed by atoms with Crippen LogP contribution in [0.2, 0.25) is 0 Å². The van der Waals surface area contributed by atoms with E-state index in [2.05, 4.69) is 10.1 Å². The predicted molar refractivity (Wildman–Crippen MR) is 74.1 cm³/mol. The molecule has 0 aliphatic carbocycles. The zero-order chi connectivity index (χ0) is 13.9. The molecule has 0 amide bonds. The van der Waals surface area contributed by atoms with E-state index in [1.807, 2.05) is 31.2 Å². The molecule has 0 aliphatic heterocycles. The Bertz CT molecular complexity index is 702. The number of hydrogen-bond acceptors (Lipinski definition) is 5. The average molecular weight is 272 g/mol. The molecule has 0 spiro atoms. The van der Waals surface area contributed by atoms with Gasteiger partial charge in [0, 0.05) is 5.39 Å². The van der Waals surface area contributed by atoms with E-state index in [1.54, 1.807) is 6.26 Å². The molecule has 0 saturated heterocycles. The van der Waals surface area contributed by atoms with Crippen molar-refractivity contribution in [1.29, 1.82) is 0 Å². The fourth-order valence-electron chi connectivity index (χ4n) is 2.23. The first-order chi connectivity index (χ1) is 9.78. The van der Waals surface area contributed by atoms with Crippen molar-refractivity contribution in [2.75, 3.05) is 0 Å². The van der Waals surface area contributed by atoms with Gasteiger partial charge in [0.25, 0.3) is 0 Å². The lowest BCUT2D eigenvalue weighted by atomic mass is 10.1. The third kappa shape index (κ3) is 2.44. The van der Waals surface area contributed by atoms with Gasteiger partial charge < -0.3 is 14.0 Å². The van der Waals surface area contributed by atoms with Gasteiger partial charge in [-0.2, -0.15) is 4.98 Å². The number of benzene rings is 1. The van der Waals surface area contributed by atoms with Crippen LogP contribution in [0.15, 0.2) is 39.5 Å². The van der Waals surface area contributed by atoms with Crippen LogP contribution in [0.4, 0.5) is 0 Å². The van der Waals surface area contributed by atoms with Crippen molar-refractivity contribution in [3.63, 3.8) is 0 Å². The second-order valence-corrected chi connectivity index (χ2v) is 4.80. The van der Waals surface area contributed by atoms with E-state index >= 15 is 0 Å². The van der Waals surface area contributed by atoms with E-state index in [-0.39, 0.29) is 0 Å². The molecule has 0 radical (unpaired) electrons. The summed E-state index contributed by atoms with van der Waals surface area (Å²) in [5.74, 6) is 0.944. The fourth-order valence-corrected chi connectivity index (χ4v) is 2.23. The molecule has 104 valence electrons. The average Bonchev–Trinajstić information content (AvgIpc) is 3.05. The van der Waals surface area contributed by atoms with E-state index in [9.17, 15) is 5.11 Å². The van der Waals surface area contributed by atoms with Crippen molar-refractivity contribution in [3.05, 3.63) is 36.4 Å². The zero-order valence-electron chi connectivity index (χ0n) is 11.2. The van der Waals surface area contributed by atoms with Crippen LogP contribution in [0.25, 0.3) is 22.4 Å². The predicted octanol–water partition coefficient (Wildman–Crippen LogP) is 3.19. The summed E-state index contributed by atoms with van der Waals surface area (Å²) in [5.41, 5.74) is 1.60. The van der Waals surface area contributed by atoms with Gasteiger partial charge in [-0.3, -0.25) is 0 Å². The van der Waals surface area contributed by atoms with E-state index in [0.717, 1.165) is 29.4 Å². The van der Waals surface area contributed by atoms with E-state index < -0.39 is 6.10 Å². The van der Waals surface area contributed by atoms with Gasteiger partial charge in [0.2, 0.25) is 11.7 Å². The molecule has 0 bridgehead atoms. The third-order valence-electron chi connectivity index (χ3n) is 3.22. The molecular weight excluding hydrogens is 256 g/mol. The van der Waals surface area contributed by atoms with Gasteiger partial charge >= 0.3 is 0 Å². The maximum Gasteiger partial charge on any atom is 0.229 e. The smallest absolute Gasteiger partial charge is 0.229 e. The Morgan fingerprint density at radius 3 is 3.00 bits per heavy atom. The number of hydrogen-bond donors (Lipinski definition) is 1. The Balaban J connectivity index is 1.86. The van der Waals surface area contributed by atoms with Crippen LogP contribution in [-0.4, -0.2) is 21.4 Å². The lowest BCUT2D eigenvalue weighted by molar-refractivity contribution is 0.152. The van der Waals surface area contributed by atoms with Crippen LogP contribution >= 0.6 is 0 Å². The van der Waals surface area contributed by atoms with Gasteiger partial charge in [0.15, 0.2) is 0 Å². The minimum atomic E-state index is -0.436. The number of aliphatic hydroxyl groups excluding tert-OH is 1. The number of para-hydroxylation sites is 1. The van der Waals surface area contributed by atoms with Gasteiger partial charge in [-0.15, -0.1) is 0 Å². The van der Waals surface area contributed by atoms with E-state index in [1.165, 1.54) is 0 Å². The number of nitrogens with zero attached hydrogens (tertiary/aromatic N) is 2. The van der Waals surface area contributed by atoms with Gasteiger partial charge in [0.1, 0.15) is 11.8 Å². The van der Waals surface area contributed by atoms with Crippen LogP contribution in [0.1, 0.15) is 25.7 Å². The molecule has 1 unspecified atom stereocenters. The Hall–Kier alpha value is -2.14. The first kappa shape index (κ1) is 12.9. The molecule has 5 nitrogen and oxygen atoms in total. The van der Waals surface area contributed by atoms with Crippen molar-refractivity contribution < 1.29 is 14.0 Å².